The highest BCUT2D eigenvalue weighted by atomic mass is 35.5. The molecular formula is C17H22ClFN2. The molecule has 2 aromatic rings. The third-order valence-corrected chi connectivity index (χ3v) is 4.67. The predicted molar refractivity (Wildman–Crippen MR) is 85.5 cm³/mol. The molecule has 0 bridgehead atoms. The van der Waals surface area contributed by atoms with Crippen LogP contribution in [0, 0.1) is 5.82 Å². The Hall–Kier alpha value is -1.09. The molecule has 4 heteroatoms. The predicted octanol–water partition coefficient (Wildman–Crippen LogP) is 5.24. The molecule has 0 unspecified atom stereocenters. The van der Waals surface area contributed by atoms with E-state index in [0.717, 1.165) is 36.1 Å². The number of nitrogens with zero attached hydrogens (tertiary/aromatic N) is 2. The second-order valence-corrected chi connectivity index (χ2v) is 6.35. The van der Waals surface area contributed by atoms with E-state index in [1.54, 1.807) is 12.1 Å². The van der Waals surface area contributed by atoms with Crippen LogP contribution in [-0.2, 0) is 6.42 Å². The monoisotopic (exact) mass is 308 g/mol. The summed E-state index contributed by atoms with van der Waals surface area (Å²) in [6.07, 6.45) is 9.54. The number of rotatable bonds is 3. The topological polar surface area (TPSA) is 17.8 Å². The molecule has 114 valence electrons. The van der Waals surface area contributed by atoms with Crippen molar-refractivity contribution >= 4 is 22.6 Å². The average molecular weight is 309 g/mol. The Kier molecular flexibility index (Phi) is 4.79. The number of imidazole rings is 1. The van der Waals surface area contributed by atoms with Gasteiger partial charge in [-0.1, -0.05) is 32.1 Å². The molecule has 2 nitrogen and oxygen atoms in total. The first kappa shape index (κ1) is 14.8. The van der Waals surface area contributed by atoms with Crippen molar-refractivity contribution in [3.8, 4) is 0 Å². The summed E-state index contributed by atoms with van der Waals surface area (Å²) >= 11 is 5.94. The van der Waals surface area contributed by atoms with Gasteiger partial charge >= 0.3 is 0 Å². The lowest BCUT2D eigenvalue weighted by Gasteiger charge is -2.24. The van der Waals surface area contributed by atoms with E-state index in [0.29, 0.717) is 11.9 Å². The van der Waals surface area contributed by atoms with Crippen molar-refractivity contribution in [2.24, 2.45) is 0 Å². The van der Waals surface area contributed by atoms with Crippen LogP contribution < -0.4 is 0 Å². The highest BCUT2D eigenvalue weighted by Gasteiger charge is 2.20. The first-order valence-electron chi connectivity index (χ1n) is 8.02. The number of fused-ring (bicyclic) bond motifs is 1. The van der Waals surface area contributed by atoms with Crippen molar-refractivity contribution in [3.63, 3.8) is 0 Å². The molecule has 1 aliphatic rings. The molecular weight excluding hydrogens is 287 g/mol. The number of hydrogen-bond acceptors (Lipinski definition) is 1. The maximum absolute atomic E-state index is 13.7. The Morgan fingerprint density at radius 1 is 1.14 bits per heavy atom. The number of aryl methyl sites for hydroxylation is 1. The van der Waals surface area contributed by atoms with Crippen molar-refractivity contribution in [1.29, 1.82) is 0 Å². The Morgan fingerprint density at radius 2 is 1.86 bits per heavy atom. The van der Waals surface area contributed by atoms with Gasteiger partial charge < -0.3 is 4.57 Å². The fourth-order valence-corrected chi connectivity index (χ4v) is 3.65. The van der Waals surface area contributed by atoms with E-state index in [4.69, 9.17) is 11.6 Å². The smallest absolute Gasteiger partial charge is 0.125 e. The zero-order valence-electron chi connectivity index (χ0n) is 12.3. The third kappa shape index (κ3) is 3.23. The van der Waals surface area contributed by atoms with Crippen LogP contribution in [0.1, 0.15) is 56.8 Å². The second kappa shape index (κ2) is 6.78. The van der Waals surface area contributed by atoms with Crippen molar-refractivity contribution in [2.75, 3.05) is 5.88 Å². The third-order valence-electron chi connectivity index (χ3n) is 4.48. The van der Waals surface area contributed by atoms with Crippen molar-refractivity contribution in [1.82, 2.24) is 9.55 Å². The molecule has 0 N–H and O–H groups in total. The van der Waals surface area contributed by atoms with Crippen LogP contribution in [0.5, 0.6) is 0 Å². The van der Waals surface area contributed by atoms with E-state index < -0.39 is 0 Å². The molecule has 0 aliphatic heterocycles. The van der Waals surface area contributed by atoms with Gasteiger partial charge in [-0.2, -0.15) is 0 Å². The standard InChI is InChI=1S/C17H22ClFN2/c18-11-10-17-20-15-9-8-13(19)12-16(15)21(17)14-6-4-2-1-3-5-7-14/h8-9,12,14H,1-7,10-11H2. The van der Waals surface area contributed by atoms with Crippen molar-refractivity contribution in [2.45, 2.75) is 57.4 Å². The van der Waals surface area contributed by atoms with E-state index in [9.17, 15) is 4.39 Å². The van der Waals surface area contributed by atoms with Crippen LogP contribution in [0.3, 0.4) is 0 Å². The summed E-state index contributed by atoms with van der Waals surface area (Å²) < 4.78 is 15.9. The Labute approximate surface area is 130 Å². The molecule has 1 fully saturated rings. The summed E-state index contributed by atoms with van der Waals surface area (Å²) in [6, 6.07) is 5.33. The molecule has 1 aromatic carbocycles. The van der Waals surface area contributed by atoms with Gasteiger partial charge in [0.25, 0.3) is 0 Å². The van der Waals surface area contributed by atoms with Crippen LogP contribution in [0.25, 0.3) is 11.0 Å². The van der Waals surface area contributed by atoms with Crippen molar-refractivity contribution < 1.29 is 4.39 Å². The number of hydrogen-bond donors (Lipinski definition) is 0. The van der Waals surface area contributed by atoms with Gasteiger partial charge in [0.15, 0.2) is 0 Å². The lowest BCUT2D eigenvalue weighted by molar-refractivity contribution is 0.371. The van der Waals surface area contributed by atoms with Crippen molar-refractivity contribution in [3.05, 3.63) is 29.8 Å². The molecule has 1 aromatic heterocycles. The van der Waals surface area contributed by atoms with E-state index in [2.05, 4.69) is 9.55 Å². The van der Waals surface area contributed by atoms with E-state index in [1.807, 2.05) is 0 Å². The first-order chi connectivity index (χ1) is 10.3. The lowest BCUT2D eigenvalue weighted by Crippen LogP contribution is -2.14. The molecule has 1 saturated carbocycles. The summed E-state index contributed by atoms with van der Waals surface area (Å²) in [5.74, 6) is 1.38. The fourth-order valence-electron chi connectivity index (χ4n) is 3.48. The molecule has 0 radical (unpaired) electrons. The van der Waals surface area contributed by atoms with Gasteiger partial charge in [0, 0.05) is 18.3 Å². The summed E-state index contributed by atoms with van der Waals surface area (Å²) in [4.78, 5) is 4.68. The zero-order valence-corrected chi connectivity index (χ0v) is 13.1. The van der Waals surface area contributed by atoms with Crippen LogP contribution in [0.15, 0.2) is 18.2 Å². The molecule has 21 heavy (non-hydrogen) atoms. The highest BCUT2D eigenvalue weighted by molar-refractivity contribution is 6.17. The van der Waals surface area contributed by atoms with Gasteiger partial charge in [-0.05, 0) is 31.0 Å². The summed E-state index contributed by atoms with van der Waals surface area (Å²) in [7, 11) is 0. The van der Waals surface area contributed by atoms with Crippen LogP contribution in [0.4, 0.5) is 4.39 Å². The minimum atomic E-state index is -0.188. The van der Waals surface area contributed by atoms with E-state index in [-0.39, 0.29) is 5.82 Å². The number of halogens is 2. The minimum Gasteiger partial charge on any atom is -0.325 e. The SMILES string of the molecule is Fc1ccc2nc(CCCl)n(C3CCCCCCC3)c2c1. The van der Waals surface area contributed by atoms with Crippen LogP contribution >= 0.6 is 11.6 Å². The number of alkyl halides is 1. The Bertz CT molecular complexity index is 600. The van der Waals surface area contributed by atoms with Gasteiger partial charge in [0.05, 0.1) is 11.0 Å². The highest BCUT2D eigenvalue weighted by Crippen LogP contribution is 2.31. The Morgan fingerprint density at radius 3 is 2.57 bits per heavy atom. The Balaban J connectivity index is 2.03. The van der Waals surface area contributed by atoms with Crippen LogP contribution in [-0.4, -0.2) is 15.4 Å². The maximum atomic E-state index is 13.7. The number of aromatic nitrogens is 2. The molecule has 0 amide bonds. The summed E-state index contributed by atoms with van der Waals surface area (Å²) in [5, 5.41) is 0. The van der Waals surface area contributed by atoms with Crippen LogP contribution in [0.2, 0.25) is 0 Å². The second-order valence-electron chi connectivity index (χ2n) is 5.97. The normalized spacial score (nSPS) is 17.8. The summed E-state index contributed by atoms with van der Waals surface area (Å²) in [6.45, 7) is 0. The molecule has 3 rings (SSSR count). The van der Waals surface area contributed by atoms with E-state index in [1.165, 1.54) is 38.2 Å². The van der Waals surface area contributed by atoms with Gasteiger partial charge in [-0.25, -0.2) is 9.37 Å². The molecule has 0 saturated heterocycles. The largest absolute Gasteiger partial charge is 0.325 e. The number of benzene rings is 1. The average Bonchev–Trinajstić information content (AvgIpc) is 2.77. The van der Waals surface area contributed by atoms with E-state index >= 15 is 0 Å². The minimum absolute atomic E-state index is 0.188. The lowest BCUT2D eigenvalue weighted by atomic mass is 9.96. The molecule has 0 spiro atoms. The molecule has 1 heterocycles. The fraction of sp³-hybridized carbons (Fsp3) is 0.588. The molecule has 1 aliphatic carbocycles. The summed E-state index contributed by atoms with van der Waals surface area (Å²) in [5.41, 5.74) is 1.82. The zero-order chi connectivity index (χ0) is 14.7. The quantitative estimate of drug-likeness (QED) is 0.709. The first-order valence-corrected chi connectivity index (χ1v) is 8.55. The van der Waals surface area contributed by atoms with Gasteiger partial charge in [0.2, 0.25) is 0 Å². The maximum Gasteiger partial charge on any atom is 0.125 e. The van der Waals surface area contributed by atoms with Gasteiger partial charge in [-0.3, -0.25) is 0 Å². The van der Waals surface area contributed by atoms with Gasteiger partial charge in [-0.15, -0.1) is 11.6 Å². The van der Waals surface area contributed by atoms with Gasteiger partial charge in [0.1, 0.15) is 11.6 Å². The molecule has 0 atom stereocenters.